The molecule has 0 aromatic carbocycles. The second kappa shape index (κ2) is 4.66. The summed E-state index contributed by atoms with van der Waals surface area (Å²) in [6.45, 7) is 0. The Balaban J connectivity index is 2.87. The Hall–Kier alpha value is -2.03. The average Bonchev–Trinajstić information content (AvgIpc) is 2.25. The van der Waals surface area contributed by atoms with Gasteiger partial charge in [0.1, 0.15) is 5.69 Å². The number of carbonyl (C=O) groups excluding carboxylic acids is 1. The normalized spacial score (nSPS) is 10.2. The van der Waals surface area contributed by atoms with Gasteiger partial charge in [0.2, 0.25) is 0 Å². The lowest BCUT2D eigenvalue weighted by Gasteiger charge is -2.03. The van der Waals surface area contributed by atoms with Crippen LogP contribution >= 0.6 is 0 Å². The van der Waals surface area contributed by atoms with Crippen LogP contribution in [0.3, 0.4) is 0 Å². The Bertz CT molecular complexity index is 440. The first-order valence-electron chi connectivity index (χ1n) is 4.06. The number of esters is 1. The van der Waals surface area contributed by atoms with Crippen LogP contribution in [0.1, 0.15) is 11.3 Å². The first-order valence-corrected chi connectivity index (χ1v) is 4.06. The number of ether oxygens (including phenoxy) is 1. The van der Waals surface area contributed by atoms with Crippen LogP contribution in [0.15, 0.2) is 18.3 Å². The molecule has 84 valence electrons. The molecule has 0 unspecified atom stereocenters. The molecular formula is C10H6F3NO2. The number of carbonyl (C=O) groups is 1. The molecule has 0 N–H and O–H groups in total. The van der Waals surface area contributed by atoms with Crippen molar-refractivity contribution in [3.05, 3.63) is 29.6 Å². The minimum absolute atomic E-state index is 0.207. The van der Waals surface area contributed by atoms with Crippen molar-refractivity contribution in [1.82, 2.24) is 4.98 Å². The third kappa shape index (κ3) is 3.28. The number of methoxy groups -OCH3 is 1. The predicted molar refractivity (Wildman–Crippen MR) is 48.1 cm³/mol. The van der Waals surface area contributed by atoms with Gasteiger partial charge < -0.3 is 4.74 Å². The number of hydrogen-bond donors (Lipinski definition) is 0. The molecule has 1 aromatic rings. The molecule has 1 aromatic heterocycles. The standard InChI is InChI=1S/C10H6F3NO2/c1-16-9(15)5-3-7-2-4-8(14-6-7)10(11,12)13/h2,4,6H,1H3. The predicted octanol–water partition coefficient (Wildman–Crippen LogP) is 1.62. The van der Waals surface area contributed by atoms with E-state index >= 15 is 0 Å². The maximum Gasteiger partial charge on any atom is 0.433 e. The summed E-state index contributed by atoms with van der Waals surface area (Å²) >= 11 is 0. The molecular weight excluding hydrogens is 223 g/mol. The van der Waals surface area contributed by atoms with E-state index in [9.17, 15) is 18.0 Å². The highest BCUT2D eigenvalue weighted by Gasteiger charge is 2.31. The summed E-state index contributed by atoms with van der Waals surface area (Å²) in [6.07, 6.45) is -3.53. The Morgan fingerprint density at radius 3 is 2.56 bits per heavy atom. The molecule has 16 heavy (non-hydrogen) atoms. The summed E-state index contributed by atoms with van der Waals surface area (Å²) < 4.78 is 40.6. The second-order valence-corrected chi connectivity index (χ2v) is 2.67. The molecule has 0 saturated heterocycles. The molecule has 3 nitrogen and oxygen atoms in total. The van der Waals surface area contributed by atoms with Crippen LogP contribution in [0, 0.1) is 11.8 Å². The molecule has 0 aliphatic rings. The first kappa shape index (κ1) is 12.0. The quantitative estimate of drug-likeness (QED) is 0.501. The molecule has 0 bridgehead atoms. The molecule has 1 rings (SSSR count). The number of nitrogens with zero attached hydrogens (tertiary/aromatic N) is 1. The van der Waals surface area contributed by atoms with Gasteiger partial charge in [-0.05, 0) is 12.1 Å². The van der Waals surface area contributed by atoms with E-state index in [1.165, 1.54) is 0 Å². The summed E-state index contributed by atoms with van der Waals surface area (Å²) in [5, 5.41) is 0. The van der Waals surface area contributed by atoms with E-state index in [1.54, 1.807) is 0 Å². The molecule has 0 atom stereocenters. The number of pyridine rings is 1. The molecule has 0 radical (unpaired) electrons. The van der Waals surface area contributed by atoms with Gasteiger partial charge in [0.15, 0.2) is 0 Å². The van der Waals surface area contributed by atoms with Gasteiger partial charge in [-0.1, -0.05) is 5.92 Å². The lowest BCUT2D eigenvalue weighted by atomic mass is 10.2. The molecule has 6 heteroatoms. The third-order valence-electron chi connectivity index (χ3n) is 1.55. The largest absolute Gasteiger partial charge is 0.459 e. The van der Waals surface area contributed by atoms with Crippen LogP contribution in [0.25, 0.3) is 0 Å². The van der Waals surface area contributed by atoms with Crippen molar-refractivity contribution in [2.45, 2.75) is 6.18 Å². The van der Waals surface area contributed by atoms with E-state index in [0.29, 0.717) is 0 Å². The summed E-state index contributed by atoms with van der Waals surface area (Å²) in [6, 6.07) is 1.92. The molecule has 0 spiro atoms. The Kier molecular flexibility index (Phi) is 3.51. The minimum atomic E-state index is -4.48. The van der Waals surface area contributed by atoms with E-state index in [4.69, 9.17) is 0 Å². The van der Waals surface area contributed by atoms with Crippen molar-refractivity contribution in [1.29, 1.82) is 0 Å². The fourth-order valence-electron chi connectivity index (χ4n) is 0.810. The lowest BCUT2D eigenvalue weighted by Crippen LogP contribution is -2.07. The number of hydrogen-bond acceptors (Lipinski definition) is 3. The summed E-state index contributed by atoms with van der Waals surface area (Å²) in [7, 11) is 1.15. The van der Waals surface area contributed by atoms with Crippen LogP contribution in [0.2, 0.25) is 0 Å². The zero-order chi connectivity index (χ0) is 12.2. The van der Waals surface area contributed by atoms with E-state index in [1.807, 2.05) is 0 Å². The van der Waals surface area contributed by atoms with E-state index in [0.717, 1.165) is 25.4 Å². The van der Waals surface area contributed by atoms with Gasteiger partial charge in [0, 0.05) is 17.7 Å². The molecule has 0 amide bonds. The van der Waals surface area contributed by atoms with E-state index in [2.05, 4.69) is 21.6 Å². The highest BCUT2D eigenvalue weighted by atomic mass is 19.4. The first-order chi connectivity index (χ1) is 7.43. The third-order valence-corrected chi connectivity index (χ3v) is 1.55. The van der Waals surface area contributed by atoms with Crippen molar-refractivity contribution < 1.29 is 22.7 Å². The highest BCUT2D eigenvalue weighted by Crippen LogP contribution is 2.26. The Labute approximate surface area is 89.2 Å². The van der Waals surface area contributed by atoms with E-state index < -0.39 is 17.8 Å². The SMILES string of the molecule is COC(=O)C#Cc1ccc(C(F)(F)F)nc1. The zero-order valence-corrected chi connectivity index (χ0v) is 8.13. The Morgan fingerprint density at radius 1 is 1.44 bits per heavy atom. The molecule has 0 fully saturated rings. The van der Waals surface area contributed by atoms with Gasteiger partial charge in [-0.3, -0.25) is 4.98 Å². The number of rotatable bonds is 0. The number of halogens is 3. The summed E-state index contributed by atoms with van der Waals surface area (Å²) in [5.74, 6) is 3.63. The molecule has 0 aliphatic heterocycles. The second-order valence-electron chi connectivity index (χ2n) is 2.67. The van der Waals surface area contributed by atoms with Gasteiger partial charge in [-0.2, -0.15) is 13.2 Å². The monoisotopic (exact) mass is 229 g/mol. The van der Waals surface area contributed by atoms with Gasteiger partial charge in [-0.25, -0.2) is 4.79 Å². The molecule has 1 heterocycles. The van der Waals surface area contributed by atoms with Crippen molar-refractivity contribution >= 4 is 5.97 Å². The van der Waals surface area contributed by atoms with Gasteiger partial charge in [0.25, 0.3) is 0 Å². The van der Waals surface area contributed by atoms with Crippen molar-refractivity contribution in [3.8, 4) is 11.8 Å². The average molecular weight is 229 g/mol. The lowest BCUT2D eigenvalue weighted by molar-refractivity contribution is -0.141. The van der Waals surface area contributed by atoms with Gasteiger partial charge in [0.05, 0.1) is 7.11 Å². The maximum absolute atomic E-state index is 12.1. The number of aromatic nitrogens is 1. The van der Waals surface area contributed by atoms with E-state index in [-0.39, 0.29) is 5.56 Å². The van der Waals surface area contributed by atoms with Gasteiger partial charge >= 0.3 is 12.1 Å². The van der Waals surface area contributed by atoms with Crippen molar-refractivity contribution in [2.24, 2.45) is 0 Å². The summed E-state index contributed by atoms with van der Waals surface area (Å²) in [5.41, 5.74) is -0.797. The van der Waals surface area contributed by atoms with Crippen LogP contribution in [0.4, 0.5) is 13.2 Å². The number of alkyl halides is 3. The molecule has 0 aliphatic carbocycles. The zero-order valence-electron chi connectivity index (χ0n) is 8.13. The highest BCUT2D eigenvalue weighted by molar-refractivity contribution is 5.88. The van der Waals surface area contributed by atoms with Crippen LogP contribution in [0.5, 0.6) is 0 Å². The fraction of sp³-hybridized carbons (Fsp3) is 0.200. The van der Waals surface area contributed by atoms with Gasteiger partial charge in [-0.15, -0.1) is 0 Å². The smallest absolute Gasteiger partial charge is 0.433 e. The Morgan fingerprint density at radius 2 is 2.12 bits per heavy atom. The maximum atomic E-state index is 12.1. The van der Waals surface area contributed by atoms with Crippen molar-refractivity contribution in [3.63, 3.8) is 0 Å². The van der Waals surface area contributed by atoms with Crippen molar-refractivity contribution in [2.75, 3.05) is 7.11 Å². The fourth-order valence-corrected chi connectivity index (χ4v) is 0.810. The summed E-state index contributed by atoms with van der Waals surface area (Å²) in [4.78, 5) is 13.8. The van der Waals surface area contributed by atoms with Crippen LogP contribution < -0.4 is 0 Å². The topological polar surface area (TPSA) is 39.2 Å². The minimum Gasteiger partial charge on any atom is -0.459 e. The molecule has 0 saturated carbocycles. The van der Waals surface area contributed by atoms with Crippen LogP contribution in [-0.4, -0.2) is 18.1 Å². The van der Waals surface area contributed by atoms with Crippen LogP contribution in [-0.2, 0) is 15.7 Å².